The van der Waals surface area contributed by atoms with Crippen molar-refractivity contribution in [3.05, 3.63) is 71.4 Å². The normalized spacial score (nSPS) is 11.5. The fourth-order valence-corrected chi connectivity index (χ4v) is 1.95. The standard InChI is InChI=1S/C15H10Cl2O3/c16-14(19-12-9-5-2-6-10-12)13(15(18)20-17)11-7-3-1-4-8-11/h1-10H. The Kier molecular flexibility index (Phi) is 5.04. The van der Waals surface area contributed by atoms with Crippen LogP contribution in [0.4, 0.5) is 0 Å². The Morgan fingerprint density at radius 3 is 2.00 bits per heavy atom. The van der Waals surface area contributed by atoms with Crippen molar-refractivity contribution in [3.8, 4) is 5.75 Å². The van der Waals surface area contributed by atoms with Crippen LogP contribution < -0.4 is 4.74 Å². The maximum Gasteiger partial charge on any atom is 0.361 e. The van der Waals surface area contributed by atoms with Crippen molar-refractivity contribution in [1.29, 1.82) is 0 Å². The van der Waals surface area contributed by atoms with E-state index >= 15 is 0 Å². The highest BCUT2D eigenvalue weighted by Crippen LogP contribution is 2.26. The van der Waals surface area contributed by atoms with Gasteiger partial charge < -0.3 is 9.03 Å². The first-order valence-corrected chi connectivity index (χ1v) is 6.42. The van der Waals surface area contributed by atoms with Crippen LogP contribution in [0, 0.1) is 0 Å². The SMILES string of the molecule is O=C(OCl)C(=C(Cl)Oc1ccccc1)c1ccccc1. The quantitative estimate of drug-likeness (QED) is 0.621. The third-order valence-electron chi connectivity index (χ3n) is 2.48. The summed E-state index contributed by atoms with van der Waals surface area (Å²) in [6.07, 6.45) is 0. The van der Waals surface area contributed by atoms with E-state index in [2.05, 4.69) is 4.29 Å². The van der Waals surface area contributed by atoms with Gasteiger partial charge >= 0.3 is 5.97 Å². The van der Waals surface area contributed by atoms with Crippen molar-refractivity contribution in [2.45, 2.75) is 0 Å². The highest BCUT2D eigenvalue weighted by atomic mass is 35.5. The molecule has 0 fully saturated rings. The minimum Gasteiger partial charge on any atom is -0.444 e. The third-order valence-corrected chi connectivity index (χ3v) is 2.89. The van der Waals surface area contributed by atoms with E-state index in [1.165, 1.54) is 0 Å². The molecular weight excluding hydrogens is 299 g/mol. The molecule has 0 unspecified atom stereocenters. The van der Waals surface area contributed by atoms with Gasteiger partial charge in [0.1, 0.15) is 23.2 Å². The minimum absolute atomic E-state index is 0.0612. The molecule has 102 valence electrons. The summed E-state index contributed by atoms with van der Waals surface area (Å²) in [5, 5.41) is -0.104. The molecule has 0 aliphatic heterocycles. The predicted octanol–water partition coefficient (Wildman–Crippen LogP) is 4.37. The summed E-state index contributed by atoms with van der Waals surface area (Å²) >= 11 is 11.2. The van der Waals surface area contributed by atoms with E-state index < -0.39 is 5.97 Å². The lowest BCUT2D eigenvalue weighted by molar-refractivity contribution is -0.127. The Balaban J connectivity index is 2.39. The molecule has 0 N–H and O–H groups in total. The number of carbonyl (C=O) groups excluding carboxylic acids is 1. The zero-order valence-corrected chi connectivity index (χ0v) is 11.8. The molecule has 3 nitrogen and oxygen atoms in total. The number of hydrogen-bond acceptors (Lipinski definition) is 3. The summed E-state index contributed by atoms with van der Waals surface area (Å²) in [7, 11) is 0. The Morgan fingerprint density at radius 2 is 1.45 bits per heavy atom. The van der Waals surface area contributed by atoms with Crippen molar-refractivity contribution < 1.29 is 13.8 Å². The van der Waals surface area contributed by atoms with Gasteiger partial charge in [0.15, 0.2) is 0 Å². The first-order chi connectivity index (χ1) is 9.72. The second-order valence-corrected chi connectivity index (χ2v) is 4.29. The molecule has 2 rings (SSSR count). The van der Waals surface area contributed by atoms with Gasteiger partial charge in [-0.25, -0.2) is 4.79 Å². The van der Waals surface area contributed by atoms with E-state index in [0.29, 0.717) is 11.3 Å². The molecule has 0 atom stereocenters. The second-order valence-electron chi connectivity index (χ2n) is 3.79. The second kappa shape index (κ2) is 6.98. The molecule has 0 saturated heterocycles. The predicted molar refractivity (Wildman–Crippen MR) is 78.2 cm³/mol. The van der Waals surface area contributed by atoms with Crippen LogP contribution in [-0.4, -0.2) is 5.97 Å². The van der Waals surface area contributed by atoms with Gasteiger partial charge in [0.05, 0.1) is 0 Å². The zero-order chi connectivity index (χ0) is 14.4. The zero-order valence-electron chi connectivity index (χ0n) is 10.3. The van der Waals surface area contributed by atoms with Gasteiger partial charge in [-0.3, -0.25) is 0 Å². The molecular formula is C15H10Cl2O3. The Bertz CT molecular complexity index is 610. The van der Waals surface area contributed by atoms with Crippen LogP contribution in [0.3, 0.4) is 0 Å². The first kappa shape index (κ1) is 14.4. The molecule has 0 aromatic heterocycles. The molecule has 0 bridgehead atoms. The van der Waals surface area contributed by atoms with Crippen molar-refractivity contribution in [1.82, 2.24) is 0 Å². The molecule has 0 amide bonds. The molecule has 0 spiro atoms. The van der Waals surface area contributed by atoms with Crippen LogP contribution in [0.15, 0.2) is 65.9 Å². The number of para-hydroxylation sites is 1. The molecule has 0 saturated carbocycles. The molecule has 0 aliphatic rings. The van der Waals surface area contributed by atoms with E-state index in [-0.39, 0.29) is 10.8 Å². The van der Waals surface area contributed by atoms with Crippen LogP contribution in [0.5, 0.6) is 5.75 Å². The van der Waals surface area contributed by atoms with Gasteiger partial charge in [-0.15, -0.1) is 0 Å². The molecule has 20 heavy (non-hydrogen) atoms. The maximum absolute atomic E-state index is 11.8. The largest absolute Gasteiger partial charge is 0.444 e. The smallest absolute Gasteiger partial charge is 0.361 e. The molecule has 0 aliphatic carbocycles. The first-order valence-electron chi connectivity index (χ1n) is 5.73. The molecule has 0 radical (unpaired) electrons. The van der Waals surface area contributed by atoms with Gasteiger partial charge in [-0.05, 0) is 29.3 Å². The number of benzene rings is 2. The average Bonchev–Trinajstić information content (AvgIpc) is 2.49. The van der Waals surface area contributed by atoms with Crippen LogP contribution in [0.1, 0.15) is 5.56 Å². The molecule has 0 heterocycles. The molecule has 5 heteroatoms. The Morgan fingerprint density at radius 1 is 0.900 bits per heavy atom. The summed E-state index contributed by atoms with van der Waals surface area (Å²) in [4.78, 5) is 11.8. The number of ether oxygens (including phenoxy) is 1. The fourth-order valence-electron chi connectivity index (χ4n) is 1.60. The van der Waals surface area contributed by atoms with Gasteiger partial charge in [0, 0.05) is 0 Å². The highest BCUT2D eigenvalue weighted by Gasteiger charge is 2.20. The van der Waals surface area contributed by atoms with E-state index in [4.69, 9.17) is 28.2 Å². The van der Waals surface area contributed by atoms with Gasteiger partial charge in [-0.1, -0.05) is 48.5 Å². The van der Waals surface area contributed by atoms with Crippen LogP contribution in [0.2, 0.25) is 0 Å². The van der Waals surface area contributed by atoms with E-state index in [1.54, 1.807) is 48.5 Å². The lowest BCUT2D eigenvalue weighted by atomic mass is 10.1. The van der Waals surface area contributed by atoms with Gasteiger partial charge in [0.2, 0.25) is 5.22 Å². The van der Waals surface area contributed by atoms with Gasteiger partial charge in [0.25, 0.3) is 0 Å². The average molecular weight is 309 g/mol. The summed E-state index contributed by atoms with van der Waals surface area (Å²) in [5.41, 5.74) is 0.616. The highest BCUT2D eigenvalue weighted by molar-refractivity contribution is 6.39. The van der Waals surface area contributed by atoms with Crippen LogP contribution in [-0.2, 0) is 9.08 Å². The van der Waals surface area contributed by atoms with Gasteiger partial charge in [-0.2, -0.15) is 0 Å². The number of carbonyl (C=O) groups is 1. The molecule has 2 aromatic carbocycles. The van der Waals surface area contributed by atoms with Crippen molar-refractivity contribution >= 4 is 35.0 Å². The van der Waals surface area contributed by atoms with Crippen molar-refractivity contribution in [2.75, 3.05) is 0 Å². The van der Waals surface area contributed by atoms with E-state index in [9.17, 15) is 4.79 Å². The third kappa shape index (κ3) is 3.53. The monoisotopic (exact) mass is 308 g/mol. The Labute approximate surface area is 126 Å². The maximum atomic E-state index is 11.8. The number of rotatable bonds is 4. The van der Waals surface area contributed by atoms with Crippen molar-refractivity contribution in [3.63, 3.8) is 0 Å². The lowest BCUT2D eigenvalue weighted by Crippen LogP contribution is -2.06. The molecule has 2 aromatic rings. The van der Waals surface area contributed by atoms with E-state index in [1.807, 2.05) is 12.1 Å². The lowest BCUT2D eigenvalue weighted by Gasteiger charge is -2.09. The number of halogens is 2. The summed E-state index contributed by atoms with van der Waals surface area (Å²) < 4.78 is 9.68. The fraction of sp³-hybridized carbons (Fsp3) is 0. The summed E-state index contributed by atoms with van der Waals surface area (Å²) in [6, 6.07) is 17.6. The Hall–Kier alpha value is -1.97. The van der Waals surface area contributed by atoms with Crippen molar-refractivity contribution in [2.24, 2.45) is 0 Å². The topological polar surface area (TPSA) is 35.5 Å². The van der Waals surface area contributed by atoms with E-state index in [0.717, 1.165) is 0 Å². The minimum atomic E-state index is -0.779. The van der Waals surface area contributed by atoms with Crippen LogP contribution in [0.25, 0.3) is 5.57 Å². The summed E-state index contributed by atoms with van der Waals surface area (Å²) in [5.74, 6) is -0.271. The number of hydrogen-bond donors (Lipinski definition) is 0. The van der Waals surface area contributed by atoms with Crippen LogP contribution >= 0.6 is 23.5 Å². The summed E-state index contributed by atoms with van der Waals surface area (Å²) in [6.45, 7) is 0.